The molecule has 2 atom stereocenters. The number of aromatic nitrogens is 3. The molecule has 1 saturated carbocycles. The molecule has 182 valence electrons. The topological polar surface area (TPSA) is 55.2 Å². The van der Waals surface area contributed by atoms with Gasteiger partial charge in [-0.2, -0.15) is 0 Å². The average molecular weight is 496 g/mol. The molecule has 6 nitrogen and oxygen atoms in total. The van der Waals surface area contributed by atoms with Crippen molar-refractivity contribution in [3.8, 4) is 5.75 Å². The van der Waals surface area contributed by atoms with Gasteiger partial charge in [-0.25, -0.2) is 0 Å². The van der Waals surface area contributed by atoms with Crippen LogP contribution in [0.5, 0.6) is 5.75 Å². The molecule has 2 unspecified atom stereocenters. The largest absolute Gasteiger partial charge is 0.490 e. The van der Waals surface area contributed by atoms with Crippen molar-refractivity contribution in [3.05, 3.63) is 108 Å². The summed E-state index contributed by atoms with van der Waals surface area (Å²) in [4.78, 5) is 11.2. The highest BCUT2D eigenvalue weighted by Gasteiger charge is 2.42. The molecule has 0 spiro atoms. The van der Waals surface area contributed by atoms with E-state index in [-0.39, 0.29) is 12.1 Å². The van der Waals surface area contributed by atoms with Crippen molar-refractivity contribution in [1.29, 1.82) is 0 Å². The second-order valence-electron chi connectivity index (χ2n) is 9.44. The first-order chi connectivity index (χ1) is 17.8. The standard InChI is InChI=1S/C29H29N5OS/c36-29-32-27(25-10-3-4-17-31-25)28(26-11-6-18-33(26)20-21-7-5-16-30-19-21)34(29)22-12-14-24(15-13-22)35-23-8-1-2-9-23/h3-7,10-19,23,27-28H,1-2,8-9,20H2,(H,32,36). The summed E-state index contributed by atoms with van der Waals surface area (Å²) in [6.07, 6.45) is 12.8. The highest BCUT2D eigenvalue weighted by molar-refractivity contribution is 7.80. The van der Waals surface area contributed by atoms with Crippen LogP contribution in [0.15, 0.2) is 91.5 Å². The Kier molecular flexibility index (Phi) is 6.38. The van der Waals surface area contributed by atoms with Crippen molar-refractivity contribution >= 4 is 23.0 Å². The monoisotopic (exact) mass is 495 g/mol. The highest BCUT2D eigenvalue weighted by atomic mass is 32.1. The van der Waals surface area contributed by atoms with Gasteiger partial charge in [-0.1, -0.05) is 12.1 Å². The van der Waals surface area contributed by atoms with Crippen molar-refractivity contribution < 1.29 is 4.74 Å². The number of nitrogens with zero attached hydrogens (tertiary/aromatic N) is 4. The first-order valence-corrected chi connectivity index (χ1v) is 13.0. The van der Waals surface area contributed by atoms with Crippen LogP contribution < -0.4 is 15.0 Å². The highest BCUT2D eigenvalue weighted by Crippen LogP contribution is 2.42. The Balaban J connectivity index is 1.35. The van der Waals surface area contributed by atoms with Gasteiger partial charge in [-0.05, 0) is 98.1 Å². The molecule has 1 saturated heterocycles. The molecule has 4 aromatic rings. The summed E-state index contributed by atoms with van der Waals surface area (Å²) in [6.45, 7) is 0.733. The van der Waals surface area contributed by atoms with Crippen LogP contribution in [0.4, 0.5) is 5.69 Å². The molecule has 6 rings (SSSR count). The second-order valence-corrected chi connectivity index (χ2v) is 9.82. The Morgan fingerprint density at radius 3 is 2.56 bits per heavy atom. The quantitative estimate of drug-likeness (QED) is 0.326. The third kappa shape index (κ3) is 4.58. The normalized spacial score (nSPS) is 20.0. The van der Waals surface area contributed by atoms with Crippen LogP contribution >= 0.6 is 12.2 Å². The van der Waals surface area contributed by atoms with Gasteiger partial charge < -0.3 is 19.5 Å². The molecule has 0 amide bonds. The van der Waals surface area contributed by atoms with Gasteiger partial charge in [0.1, 0.15) is 11.8 Å². The zero-order chi connectivity index (χ0) is 24.3. The van der Waals surface area contributed by atoms with Crippen molar-refractivity contribution in [1.82, 2.24) is 19.9 Å². The van der Waals surface area contributed by atoms with Crippen LogP contribution in [0, 0.1) is 0 Å². The summed E-state index contributed by atoms with van der Waals surface area (Å²) in [5, 5.41) is 4.25. The van der Waals surface area contributed by atoms with Gasteiger partial charge in [0.25, 0.3) is 0 Å². The SMILES string of the molecule is S=C1NC(c2ccccn2)C(c2cccn2Cc2cccnc2)N1c1ccc(OC2CCCC2)cc1. The number of benzene rings is 1. The summed E-state index contributed by atoms with van der Waals surface area (Å²) in [5.74, 6) is 0.918. The van der Waals surface area contributed by atoms with E-state index in [1.165, 1.54) is 12.8 Å². The minimum atomic E-state index is -0.0873. The summed E-state index contributed by atoms with van der Waals surface area (Å²) in [6, 6.07) is 22.6. The van der Waals surface area contributed by atoms with Gasteiger partial charge in [0.15, 0.2) is 5.11 Å². The molecular weight excluding hydrogens is 466 g/mol. The Hall–Kier alpha value is -3.71. The molecular formula is C29H29N5OS. The number of pyridine rings is 2. The molecule has 1 aliphatic heterocycles. The van der Waals surface area contributed by atoms with E-state index in [1.807, 2.05) is 30.6 Å². The number of hydrogen-bond acceptors (Lipinski definition) is 4. The number of rotatable bonds is 7. The van der Waals surface area contributed by atoms with Crippen molar-refractivity contribution in [3.63, 3.8) is 0 Å². The maximum absolute atomic E-state index is 6.21. The lowest BCUT2D eigenvalue weighted by molar-refractivity contribution is 0.210. The van der Waals surface area contributed by atoms with Gasteiger partial charge in [0.05, 0.1) is 17.8 Å². The average Bonchev–Trinajstić information content (AvgIpc) is 3.66. The van der Waals surface area contributed by atoms with Gasteiger partial charge in [0.2, 0.25) is 0 Å². The minimum absolute atomic E-state index is 0.0688. The molecule has 1 N–H and O–H groups in total. The number of anilines is 1. The first-order valence-electron chi connectivity index (χ1n) is 12.6. The number of thiocarbonyl (C=S) groups is 1. The molecule has 4 heterocycles. The minimum Gasteiger partial charge on any atom is -0.490 e. The maximum atomic E-state index is 6.21. The second kappa shape index (κ2) is 10.1. The summed E-state index contributed by atoms with van der Waals surface area (Å²) in [5.41, 5.74) is 4.30. The molecule has 1 aliphatic carbocycles. The van der Waals surface area contributed by atoms with E-state index in [1.54, 1.807) is 6.20 Å². The molecule has 2 aliphatic rings. The lowest BCUT2D eigenvalue weighted by atomic mass is 10.0. The number of ether oxygens (including phenoxy) is 1. The van der Waals surface area contributed by atoms with Crippen molar-refractivity contribution in [2.24, 2.45) is 0 Å². The third-order valence-electron chi connectivity index (χ3n) is 7.06. The van der Waals surface area contributed by atoms with E-state index >= 15 is 0 Å². The molecule has 0 radical (unpaired) electrons. The van der Waals surface area contributed by atoms with E-state index < -0.39 is 0 Å². The fraction of sp³-hybridized carbons (Fsp3) is 0.276. The van der Waals surface area contributed by atoms with Crippen molar-refractivity contribution in [2.75, 3.05) is 4.90 Å². The fourth-order valence-corrected chi connectivity index (χ4v) is 5.69. The predicted octanol–water partition coefficient (Wildman–Crippen LogP) is 5.82. The van der Waals surface area contributed by atoms with Crippen LogP contribution in [-0.4, -0.2) is 25.8 Å². The summed E-state index contributed by atoms with van der Waals surface area (Å²) in [7, 11) is 0. The Morgan fingerprint density at radius 2 is 1.81 bits per heavy atom. The van der Waals surface area contributed by atoms with Crippen molar-refractivity contribution in [2.45, 2.75) is 50.4 Å². The zero-order valence-electron chi connectivity index (χ0n) is 20.0. The third-order valence-corrected chi connectivity index (χ3v) is 7.38. The van der Waals surface area contributed by atoms with Crippen LogP contribution in [0.3, 0.4) is 0 Å². The van der Waals surface area contributed by atoms with Gasteiger partial charge in [0, 0.05) is 42.7 Å². The van der Waals surface area contributed by atoms with E-state index in [2.05, 4.69) is 79.5 Å². The van der Waals surface area contributed by atoms with Crippen LogP contribution in [0.2, 0.25) is 0 Å². The van der Waals surface area contributed by atoms with Gasteiger partial charge in [-0.3, -0.25) is 9.97 Å². The molecule has 3 aromatic heterocycles. The van der Waals surface area contributed by atoms with Crippen LogP contribution in [-0.2, 0) is 6.54 Å². The van der Waals surface area contributed by atoms with E-state index in [9.17, 15) is 0 Å². The Morgan fingerprint density at radius 1 is 0.944 bits per heavy atom. The Bertz CT molecular complexity index is 1300. The number of hydrogen-bond donors (Lipinski definition) is 1. The summed E-state index contributed by atoms with van der Waals surface area (Å²) < 4.78 is 8.48. The Labute approximate surface area is 217 Å². The number of nitrogens with one attached hydrogen (secondary N) is 1. The maximum Gasteiger partial charge on any atom is 0.174 e. The summed E-state index contributed by atoms with van der Waals surface area (Å²) >= 11 is 5.91. The molecule has 7 heteroatoms. The molecule has 2 fully saturated rings. The van der Waals surface area contributed by atoms with E-state index in [0.29, 0.717) is 11.2 Å². The van der Waals surface area contributed by atoms with E-state index in [4.69, 9.17) is 17.0 Å². The van der Waals surface area contributed by atoms with Crippen LogP contribution in [0.1, 0.15) is 54.7 Å². The van der Waals surface area contributed by atoms with Gasteiger partial charge >= 0.3 is 0 Å². The van der Waals surface area contributed by atoms with Crippen LogP contribution in [0.25, 0.3) is 0 Å². The fourth-order valence-electron chi connectivity index (χ4n) is 5.35. The first kappa shape index (κ1) is 22.7. The molecule has 36 heavy (non-hydrogen) atoms. The molecule has 1 aromatic carbocycles. The van der Waals surface area contributed by atoms with Gasteiger partial charge in [-0.15, -0.1) is 0 Å². The predicted molar refractivity (Wildman–Crippen MR) is 145 cm³/mol. The van der Waals surface area contributed by atoms with E-state index in [0.717, 1.165) is 47.8 Å². The lowest BCUT2D eigenvalue weighted by Crippen LogP contribution is -2.30. The molecule has 0 bridgehead atoms. The smallest absolute Gasteiger partial charge is 0.174 e. The lowest BCUT2D eigenvalue weighted by Gasteiger charge is -2.29. The zero-order valence-corrected chi connectivity index (χ0v) is 20.8.